The lowest BCUT2D eigenvalue weighted by molar-refractivity contribution is 0.100. The van der Waals surface area contributed by atoms with Crippen LogP contribution in [0.4, 0.5) is 10.6 Å². The second-order valence-corrected chi connectivity index (χ2v) is 5.61. The molecule has 2 aromatic rings. The number of anilines is 1. The number of carbonyl (C=O) groups excluding carboxylic acids is 1. The molecule has 1 aliphatic rings. The number of rotatable bonds is 4. The molecule has 25 heavy (non-hydrogen) atoms. The van der Waals surface area contributed by atoms with Gasteiger partial charge in [0, 0.05) is 43.9 Å². The summed E-state index contributed by atoms with van der Waals surface area (Å²) in [5.41, 5.74) is 0.466. The van der Waals surface area contributed by atoms with E-state index in [4.69, 9.17) is 9.47 Å². The van der Waals surface area contributed by atoms with Crippen molar-refractivity contribution < 1.29 is 14.3 Å². The molecule has 0 radical (unpaired) electrons. The Kier molecular flexibility index (Phi) is 4.94. The molecule has 0 saturated carbocycles. The van der Waals surface area contributed by atoms with E-state index in [9.17, 15) is 9.59 Å². The molecule has 3 heterocycles. The quantitative estimate of drug-likeness (QED) is 0.850. The molecule has 0 aliphatic carbocycles. The minimum Gasteiger partial charge on any atom is -0.481 e. The Morgan fingerprint density at radius 3 is 2.96 bits per heavy atom. The molecule has 1 fully saturated rings. The molecule has 1 saturated heterocycles. The van der Waals surface area contributed by atoms with Gasteiger partial charge < -0.3 is 19.4 Å². The van der Waals surface area contributed by atoms with E-state index in [2.05, 4.69) is 20.6 Å². The number of amides is 2. The largest absolute Gasteiger partial charge is 0.481 e. The highest BCUT2D eigenvalue weighted by Crippen LogP contribution is 2.29. The number of aromatic nitrogens is 3. The van der Waals surface area contributed by atoms with Crippen LogP contribution in [0.1, 0.15) is 18.1 Å². The first-order chi connectivity index (χ1) is 12.1. The molecule has 1 aliphatic heterocycles. The van der Waals surface area contributed by atoms with Crippen molar-refractivity contribution in [1.29, 1.82) is 0 Å². The topological polar surface area (TPSA) is 107 Å². The molecule has 0 aromatic carbocycles. The van der Waals surface area contributed by atoms with E-state index in [0.29, 0.717) is 18.9 Å². The molecule has 132 valence electrons. The maximum Gasteiger partial charge on any atom is 0.320 e. The van der Waals surface area contributed by atoms with E-state index in [0.717, 1.165) is 5.56 Å². The van der Waals surface area contributed by atoms with E-state index in [1.54, 1.807) is 26.4 Å². The van der Waals surface area contributed by atoms with E-state index in [1.165, 1.54) is 17.0 Å². The summed E-state index contributed by atoms with van der Waals surface area (Å²) < 4.78 is 12.1. The molecule has 9 nitrogen and oxygen atoms in total. The summed E-state index contributed by atoms with van der Waals surface area (Å²) in [5.74, 6) is 0.485. The van der Waals surface area contributed by atoms with Crippen molar-refractivity contribution in [2.75, 3.05) is 19.0 Å². The summed E-state index contributed by atoms with van der Waals surface area (Å²) in [6.45, 7) is 0.521. The minimum absolute atomic E-state index is 0.0240. The first kappa shape index (κ1) is 16.9. The molecule has 2 aromatic heterocycles. The Balaban J connectivity index is 1.67. The van der Waals surface area contributed by atoms with Crippen molar-refractivity contribution in [3.8, 4) is 5.88 Å². The lowest BCUT2D eigenvalue weighted by Gasteiger charge is -2.20. The summed E-state index contributed by atoms with van der Waals surface area (Å²) in [6, 6.07) is 2.86. The van der Waals surface area contributed by atoms with Gasteiger partial charge in [0.05, 0.1) is 13.2 Å². The maximum absolute atomic E-state index is 12.2. The molecule has 2 N–H and O–H groups in total. The molecule has 3 rings (SSSR count). The summed E-state index contributed by atoms with van der Waals surface area (Å²) >= 11 is 0. The van der Waals surface area contributed by atoms with E-state index >= 15 is 0 Å². The van der Waals surface area contributed by atoms with Gasteiger partial charge in [0.2, 0.25) is 11.7 Å². The molecule has 2 amide bonds. The van der Waals surface area contributed by atoms with Gasteiger partial charge in [-0.2, -0.15) is 0 Å². The number of urea groups is 1. The number of aryl methyl sites for hydroxylation is 1. The number of nitrogens with one attached hydrogen (secondary N) is 2. The van der Waals surface area contributed by atoms with Gasteiger partial charge in [0.1, 0.15) is 6.10 Å². The van der Waals surface area contributed by atoms with Crippen molar-refractivity contribution >= 4 is 11.8 Å². The van der Waals surface area contributed by atoms with Crippen LogP contribution >= 0.6 is 0 Å². The third-order valence-electron chi connectivity index (χ3n) is 3.95. The first-order valence-electron chi connectivity index (χ1n) is 7.79. The van der Waals surface area contributed by atoms with Crippen molar-refractivity contribution in [2.45, 2.75) is 18.6 Å². The van der Waals surface area contributed by atoms with Crippen molar-refractivity contribution in [3.05, 3.63) is 46.6 Å². The number of hydrogen-bond donors (Lipinski definition) is 2. The monoisotopic (exact) mass is 345 g/mol. The molecular formula is C16H19N5O4. The van der Waals surface area contributed by atoms with Gasteiger partial charge in [0.15, 0.2) is 0 Å². The third kappa shape index (κ3) is 3.77. The second-order valence-electron chi connectivity index (χ2n) is 5.61. The number of ether oxygens (including phenoxy) is 2. The highest BCUT2D eigenvalue weighted by atomic mass is 16.5. The Labute approximate surface area is 144 Å². The first-order valence-corrected chi connectivity index (χ1v) is 7.79. The van der Waals surface area contributed by atoms with Crippen molar-refractivity contribution in [2.24, 2.45) is 7.05 Å². The standard InChI is InChI=1S/C16H19N5O4/c1-21-7-6-17-14(15(21)22)20-16(23)19-11-5-8-25-13(11)10-3-4-12(24-2)18-9-10/h3-4,6-7,9,11,13H,5,8H2,1-2H3,(H2,17,19,20,23)/t11-,13+/m1/s1. The fraction of sp³-hybridized carbons (Fsp3) is 0.375. The molecule has 9 heteroatoms. The smallest absolute Gasteiger partial charge is 0.320 e. The van der Waals surface area contributed by atoms with Crippen LogP contribution in [0.15, 0.2) is 35.5 Å². The number of pyridine rings is 1. The van der Waals surface area contributed by atoms with E-state index in [1.807, 2.05) is 6.07 Å². The van der Waals surface area contributed by atoms with Gasteiger partial charge in [-0.25, -0.2) is 14.8 Å². The van der Waals surface area contributed by atoms with Gasteiger partial charge in [-0.15, -0.1) is 0 Å². The summed E-state index contributed by atoms with van der Waals surface area (Å²) in [4.78, 5) is 32.2. The molecule has 2 atom stereocenters. The van der Waals surface area contributed by atoms with Crippen molar-refractivity contribution in [1.82, 2.24) is 19.9 Å². The third-order valence-corrected chi connectivity index (χ3v) is 3.95. The summed E-state index contributed by atoms with van der Waals surface area (Å²) in [5, 5.41) is 5.31. The summed E-state index contributed by atoms with van der Waals surface area (Å²) in [7, 11) is 3.13. The predicted molar refractivity (Wildman–Crippen MR) is 89.5 cm³/mol. The minimum atomic E-state index is -0.502. The Morgan fingerprint density at radius 1 is 1.40 bits per heavy atom. The lowest BCUT2D eigenvalue weighted by atomic mass is 10.0. The average Bonchev–Trinajstić information content (AvgIpc) is 3.07. The number of hydrogen-bond acceptors (Lipinski definition) is 6. The van der Waals surface area contributed by atoms with Crippen LogP contribution in [0.3, 0.4) is 0 Å². The molecule has 0 spiro atoms. The van der Waals surface area contributed by atoms with Crippen LogP contribution in [0, 0.1) is 0 Å². The average molecular weight is 345 g/mol. The molecular weight excluding hydrogens is 326 g/mol. The lowest BCUT2D eigenvalue weighted by Crippen LogP contribution is -2.41. The van der Waals surface area contributed by atoms with Crippen LogP contribution in [0.2, 0.25) is 0 Å². The highest BCUT2D eigenvalue weighted by Gasteiger charge is 2.31. The zero-order chi connectivity index (χ0) is 17.8. The van der Waals surface area contributed by atoms with Crippen LogP contribution in [0.5, 0.6) is 5.88 Å². The van der Waals surface area contributed by atoms with Gasteiger partial charge in [-0.1, -0.05) is 0 Å². The Morgan fingerprint density at radius 2 is 2.24 bits per heavy atom. The predicted octanol–water partition coefficient (Wildman–Crippen LogP) is 0.836. The van der Waals surface area contributed by atoms with Gasteiger partial charge in [-0.05, 0) is 12.5 Å². The van der Waals surface area contributed by atoms with E-state index in [-0.39, 0.29) is 23.5 Å². The van der Waals surface area contributed by atoms with Crippen LogP contribution in [-0.2, 0) is 11.8 Å². The Bertz CT molecular complexity index is 805. The summed E-state index contributed by atoms with van der Waals surface area (Å²) in [6.07, 6.45) is 4.97. The second kappa shape index (κ2) is 7.31. The van der Waals surface area contributed by atoms with Gasteiger partial charge in [-0.3, -0.25) is 10.1 Å². The zero-order valence-electron chi connectivity index (χ0n) is 13.9. The fourth-order valence-electron chi connectivity index (χ4n) is 2.64. The highest BCUT2D eigenvalue weighted by molar-refractivity contribution is 5.88. The van der Waals surface area contributed by atoms with Crippen LogP contribution in [-0.4, -0.2) is 40.3 Å². The Hall–Kier alpha value is -2.94. The molecule has 0 unspecified atom stereocenters. The van der Waals surface area contributed by atoms with Crippen LogP contribution in [0.25, 0.3) is 0 Å². The van der Waals surface area contributed by atoms with Gasteiger partial charge >= 0.3 is 6.03 Å². The van der Waals surface area contributed by atoms with E-state index < -0.39 is 6.03 Å². The normalized spacial score (nSPS) is 19.4. The number of methoxy groups -OCH3 is 1. The zero-order valence-corrected chi connectivity index (χ0v) is 13.9. The van der Waals surface area contributed by atoms with Gasteiger partial charge in [0.25, 0.3) is 5.56 Å². The SMILES string of the molecule is COc1ccc([C@@H]2OCC[C@H]2NC(=O)Nc2nccn(C)c2=O)cn1. The maximum atomic E-state index is 12.2. The molecule has 0 bridgehead atoms. The van der Waals surface area contributed by atoms with Crippen molar-refractivity contribution in [3.63, 3.8) is 0 Å². The number of nitrogens with zero attached hydrogens (tertiary/aromatic N) is 3. The van der Waals surface area contributed by atoms with Crippen LogP contribution < -0.4 is 20.9 Å². The fourth-order valence-corrected chi connectivity index (χ4v) is 2.64. The number of carbonyl (C=O) groups is 1.